The molecule has 1 atom stereocenters. The Kier molecular flexibility index (Phi) is 2.95. The molecule has 1 aliphatic carbocycles. The van der Waals surface area contributed by atoms with Crippen molar-refractivity contribution >= 4 is 11.6 Å². The van der Waals surface area contributed by atoms with Gasteiger partial charge in [0, 0.05) is 18.3 Å². The van der Waals surface area contributed by atoms with Gasteiger partial charge in [-0.05, 0) is 36.6 Å². The molecule has 1 amide bonds. The van der Waals surface area contributed by atoms with Crippen molar-refractivity contribution in [3.8, 4) is 0 Å². The van der Waals surface area contributed by atoms with Gasteiger partial charge in [0.1, 0.15) is 5.76 Å². The first-order valence-corrected chi connectivity index (χ1v) is 7.48. The summed E-state index contributed by atoms with van der Waals surface area (Å²) in [6.07, 6.45) is 3.87. The lowest BCUT2D eigenvalue weighted by molar-refractivity contribution is -0.133. The van der Waals surface area contributed by atoms with Crippen molar-refractivity contribution < 1.29 is 9.21 Å². The van der Waals surface area contributed by atoms with Crippen molar-refractivity contribution in [3.63, 3.8) is 0 Å². The van der Waals surface area contributed by atoms with Gasteiger partial charge in [0.15, 0.2) is 0 Å². The van der Waals surface area contributed by atoms with E-state index in [4.69, 9.17) is 4.42 Å². The molecule has 2 heterocycles. The van der Waals surface area contributed by atoms with E-state index < -0.39 is 0 Å². The van der Waals surface area contributed by atoms with Crippen molar-refractivity contribution in [3.05, 3.63) is 54.0 Å². The number of para-hydroxylation sites is 1. The van der Waals surface area contributed by atoms with E-state index in [-0.39, 0.29) is 11.8 Å². The lowest BCUT2D eigenvalue weighted by atomic mass is 9.99. The normalized spacial score (nSPS) is 19.9. The number of nitrogens with one attached hydrogen (secondary N) is 1. The summed E-state index contributed by atoms with van der Waals surface area (Å²) in [4.78, 5) is 15.0. The number of amides is 1. The van der Waals surface area contributed by atoms with E-state index in [0.29, 0.717) is 19.1 Å². The van der Waals surface area contributed by atoms with Crippen LogP contribution in [-0.2, 0) is 11.3 Å². The quantitative estimate of drug-likeness (QED) is 0.937. The maximum Gasteiger partial charge on any atom is 0.232 e. The number of hydrogen-bond acceptors (Lipinski definition) is 3. The Morgan fingerprint density at radius 3 is 2.86 bits per heavy atom. The molecular formula is C17H18N2O2. The van der Waals surface area contributed by atoms with Crippen LogP contribution in [0.5, 0.6) is 0 Å². The Bertz CT molecular complexity index is 647. The second-order valence-corrected chi connectivity index (χ2v) is 5.80. The van der Waals surface area contributed by atoms with Gasteiger partial charge < -0.3 is 14.6 Å². The van der Waals surface area contributed by atoms with Crippen LogP contribution in [-0.4, -0.2) is 23.4 Å². The molecule has 2 aliphatic rings. The number of hydrogen-bond donors (Lipinski definition) is 1. The standard InChI is InChI=1S/C17H18N2O2/c20-17(15-10-18-16-6-2-1-5-14(15)16)19(12-7-8-12)11-13-4-3-9-21-13/h1-6,9,12,15,18H,7-8,10-11H2. The third-order valence-corrected chi connectivity index (χ3v) is 4.31. The Labute approximate surface area is 123 Å². The van der Waals surface area contributed by atoms with Crippen LogP contribution in [0.25, 0.3) is 0 Å². The average Bonchev–Trinajstić information content (AvgIpc) is 3.05. The molecule has 1 fully saturated rings. The summed E-state index contributed by atoms with van der Waals surface area (Å²) in [5.74, 6) is 0.998. The van der Waals surface area contributed by atoms with Gasteiger partial charge in [-0.15, -0.1) is 0 Å². The third-order valence-electron chi connectivity index (χ3n) is 4.31. The molecule has 21 heavy (non-hydrogen) atoms. The molecular weight excluding hydrogens is 264 g/mol. The lowest BCUT2D eigenvalue weighted by Gasteiger charge is -2.24. The fourth-order valence-electron chi connectivity index (χ4n) is 3.05. The minimum atomic E-state index is -0.0724. The topological polar surface area (TPSA) is 45.5 Å². The number of furan rings is 1. The molecule has 1 N–H and O–H groups in total. The van der Waals surface area contributed by atoms with Gasteiger partial charge in [0.2, 0.25) is 5.91 Å². The molecule has 1 aromatic carbocycles. The second kappa shape index (κ2) is 4.95. The van der Waals surface area contributed by atoms with E-state index in [1.54, 1.807) is 6.26 Å². The van der Waals surface area contributed by atoms with Crippen molar-refractivity contribution in [2.24, 2.45) is 0 Å². The van der Waals surface area contributed by atoms with Crippen LogP contribution in [0.4, 0.5) is 5.69 Å². The van der Waals surface area contributed by atoms with E-state index in [1.165, 1.54) is 0 Å². The molecule has 4 heteroatoms. The molecule has 1 saturated carbocycles. The zero-order chi connectivity index (χ0) is 14.2. The van der Waals surface area contributed by atoms with Crippen molar-refractivity contribution in [2.75, 3.05) is 11.9 Å². The fourth-order valence-corrected chi connectivity index (χ4v) is 3.05. The Balaban J connectivity index is 1.57. The molecule has 108 valence electrons. The van der Waals surface area contributed by atoms with E-state index in [9.17, 15) is 4.79 Å². The van der Waals surface area contributed by atoms with Gasteiger partial charge >= 0.3 is 0 Å². The van der Waals surface area contributed by atoms with E-state index in [2.05, 4.69) is 11.4 Å². The largest absolute Gasteiger partial charge is 0.467 e. The van der Waals surface area contributed by atoms with E-state index in [0.717, 1.165) is 29.9 Å². The van der Waals surface area contributed by atoms with Gasteiger partial charge in [-0.1, -0.05) is 18.2 Å². The molecule has 0 spiro atoms. The van der Waals surface area contributed by atoms with Crippen molar-refractivity contribution in [1.29, 1.82) is 0 Å². The van der Waals surface area contributed by atoms with Crippen molar-refractivity contribution in [2.45, 2.75) is 31.3 Å². The predicted octanol–water partition coefficient (Wildman–Crippen LogP) is 2.98. The molecule has 0 radical (unpaired) electrons. The van der Waals surface area contributed by atoms with Crippen LogP contribution in [0.3, 0.4) is 0 Å². The summed E-state index contributed by atoms with van der Waals surface area (Å²) in [6.45, 7) is 1.27. The van der Waals surface area contributed by atoms with Gasteiger partial charge in [-0.2, -0.15) is 0 Å². The number of nitrogens with zero attached hydrogens (tertiary/aromatic N) is 1. The first-order chi connectivity index (χ1) is 10.3. The molecule has 4 rings (SSSR count). The molecule has 1 unspecified atom stereocenters. The van der Waals surface area contributed by atoms with Crippen LogP contribution in [0.1, 0.15) is 30.1 Å². The van der Waals surface area contributed by atoms with Gasteiger partial charge in [0.05, 0.1) is 18.7 Å². The highest BCUT2D eigenvalue weighted by atomic mass is 16.3. The number of fused-ring (bicyclic) bond motifs is 1. The third kappa shape index (κ3) is 2.31. The predicted molar refractivity (Wildman–Crippen MR) is 80.0 cm³/mol. The molecule has 1 aromatic heterocycles. The minimum absolute atomic E-state index is 0.0724. The Morgan fingerprint density at radius 1 is 1.24 bits per heavy atom. The summed E-state index contributed by atoms with van der Waals surface area (Å²) >= 11 is 0. The van der Waals surface area contributed by atoms with Gasteiger partial charge in [-0.3, -0.25) is 4.79 Å². The number of carbonyl (C=O) groups is 1. The maximum atomic E-state index is 13.0. The van der Waals surface area contributed by atoms with Gasteiger partial charge in [0.25, 0.3) is 0 Å². The van der Waals surface area contributed by atoms with Crippen LogP contribution < -0.4 is 5.32 Å². The highest BCUT2D eigenvalue weighted by molar-refractivity contribution is 5.88. The first-order valence-electron chi connectivity index (χ1n) is 7.48. The molecule has 4 nitrogen and oxygen atoms in total. The molecule has 1 aliphatic heterocycles. The second-order valence-electron chi connectivity index (χ2n) is 5.80. The van der Waals surface area contributed by atoms with Crippen LogP contribution in [0.15, 0.2) is 47.1 Å². The van der Waals surface area contributed by atoms with E-state index in [1.807, 2.05) is 35.2 Å². The van der Waals surface area contributed by atoms with Crippen molar-refractivity contribution in [1.82, 2.24) is 4.90 Å². The molecule has 0 saturated heterocycles. The minimum Gasteiger partial charge on any atom is -0.467 e. The van der Waals surface area contributed by atoms with Crippen LogP contribution in [0.2, 0.25) is 0 Å². The summed E-state index contributed by atoms with van der Waals surface area (Å²) in [6, 6.07) is 12.3. The summed E-state index contributed by atoms with van der Waals surface area (Å²) < 4.78 is 5.41. The lowest BCUT2D eigenvalue weighted by Crippen LogP contribution is -2.37. The SMILES string of the molecule is O=C(C1CNc2ccccc21)N(Cc1ccco1)C1CC1. The smallest absolute Gasteiger partial charge is 0.232 e. The summed E-state index contributed by atoms with van der Waals surface area (Å²) in [5.41, 5.74) is 2.21. The zero-order valence-electron chi connectivity index (χ0n) is 11.8. The van der Waals surface area contributed by atoms with Crippen LogP contribution >= 0.6 is 0 Å². The average molecular weight is 282 g/mol. The zero-order valence-corrected chi connectivity index (χ0v) is 11.8. The Morgan fingerprint density at radius 2 is 2.10 bits per heavy atom. The summed E-state index contributed by atoms with van der Waals surface area (Å²) in [7, 11) is 0. The molecule has 0 bridgehead atoms. The summed E-state index contributed by atoms with van der Waals surface area (Å²) in [5, 5.41) is 3.33. The number of rotatable bonds is 4. The monoisotopic (exact) mass is 282 g/mol. The maximum absolute atomic E-state index is 13.0. The molecule has 2 aromatic rings. The highest BCUT2D eigenvalue weighted by Crippen LogP contribution is 2.36. The van der Waals surface area contributed by atoms with E-state index >= 15 is 0 Å². The van der Waals surface area contributed by atoms with Gasteiger partial charge in [-0.25, -0.2) is 0 Å². The number of anilines is 1. The number of benzene rings is 1. The first kappa shape index (κ1) is 12.5. The Hall–Kier alpha value is -2.23. The fraction of sp³-hybridized carbons (Fsp3) is 0.353. The van der Waals surface area contributed by atoms with Crippen LogP contribution in [0, 0.1) is 0 Å². The number of carbonyl (C=O) groups excluding carboxylic acids is 1. The highest BCUT2D eigenvalue weighted by Gasteiger charge is 2.38.